The lowest BCUT2D eigenvalue weighted by atomic mass is 10.1. The van der Waals surface area contributed by atoms with E-state index in [1.54, 1.807) is 19.9 Å². The van der Waals surface area contributed by atoms with Crippen molar-refractivity contribution in [3.8, 4) is 0 Å². The molecule has 0 bridgehead atoms. The van der Waals surface area contributed by atoms with E-state index in [9.17, 15) is 9.59 Å². The van der Waals surface area contributed by atoms with Gasteiger partial charge in [-0.2, -0.15) is 0 Å². The molecule has 1 heterocycles. The second-order valence-corrected chi connectivity index (χ2v) is 4.64. The van der Waals surface area contributed by atoms with Gasteiger partial charge in [-0.05, 0) is 25.8 Å². The summed E-state index contributed by atoms with van der Waals surface area (Å²) in [7, 11) is 0. The Labute approximate surface area is 89.9 Å². The van der Waals surface area contributed by atoms with E-state index in [-0.39, 0.29) is 18.4 Å². The minimum atomic E-state index is -0.557. The van der Waals surface area contributed by atoms with Crippen molar-refractivity contribution in [1.82, 2.24) is 4.90 Å². The Morgan fingerprint density at radius 1 is 1.53 bits per heavy atom. The van der Waals surface area contributed by atoms with Gasteiger partial charge in [0.25, 0.3) is 5.91 Å². The van der Waals surface area contributed by atoms with Gasteiger partial charge in [-0.3, -0.25) is 4.79 Å². The maximum atomic E-state index is 11.7. The van der Waals surface area contributed by atoms with Crippen LogP contribution in [-0.2, 0) is 9.53 Å². The molecule has 0 N–H and O–H groups in total. The van der Waals surface area contributed by atoms with Gasteiger partial charge in [0, 0.05) is 0 Å². The van der Waals surface area contributed by atoms with Gasteiger partial charge in [-0.25, -0.2) is 9.69 Å². The molecule has 0 saturated carbocycles. The van der Waals surface area contributed by atoms with E-state index in [4.69, 9.17) is 4.74 Å². The third-order valence-electron chi connectivity index (χ3n) is 2.18. The summed E-state index contributed by atoms with van der Waals surface area (Å²) in [6.45, 7) is 7.81. The van der Waals surface area contributed by atoms with Crippen molar-refractivity contribution in [2.24, 2.45) is 5.92 Å². The molecule has 1 fully saturated rings. The first-order chi connectivity index (χ1) is 6.84. The Hall–Kier alpha value is -1.32. The summed E-state index contributed by atoms with van der Waals surface area (Å²) in [6.07, 6.45) is 2.64. The van der Waals surface area contributed by atoms with Gasteiger partial charge in [0.05, 0.1) is 5.54 Å². The zero-order chi connectivity index (χ0) is 11.6. The number of amides is 2. The minimum Gasteiger partial charge on any atom is -0.447 e. The third kappa shape index (κ3) is 2.58. The van der Waals surface area contributed by atoms with Crippen molar-refractivity contribution < 1.29 is 14.3 Å². The number of hydrogen-bond donors (Lipinski definition) is 0. The van der Waals surface area contributed by atoms with Gasteiger partial charge < -0.3 is 4.74 Å². The zero-order valence-corrected chi connectivity index (χ0v) is 9.61. The van der Waals surface area contributed by atoms with Crippen LogP contribution >= 0.6 is 0 Å². The summed E-state index contributed by atoms with van der Waals surface area (Å²) in [5.74, 6) is -0.0214. The lowest BCUT2D eigenvalue weighted by Gasteiger charge is -2.24. The summed E-state index contributed by atoms with van der Waals surface area (Å²) < 4.78 is 4.84. The fourth-order valence-corrected chi connectivity index (χ4v) is 1.35. The highest BCUT2D eigenvalue weighted by Gasteiger charge is 2.43. The van der Waals surface area contributed by atoms with Crippen LogP contribution in [0, 0.1) is 5.92 Å². The first-order valence-corrected chi connectivity index (χ1v) is 5.04. The Kier molecular flexibility index (Phi) is 3.17. The lowest BCUT2D eigenvalue weighted by molar-refractivity contribution is -0.125. The summed E-state index contributed by atoms with van der Waals surface area (Å²) in [6, 6.07) is 0. The molecule has 0 aromatic carbocycles. The maximum Gasteiger partial charge on any atom is 0.417 e. The van der Waals surface area contributed by atoms with E-state index in [1.165, 1.54) is 6.08 Å². The molecule has 1 saturated heterocycles. The quantitative estimate of drug-likeness (QED) is 0.656. The van der Waals surface area contributed by atoms with Crippen molar-refractivity contribution in [3.05, 3.63) is 12.2 Å². The fourth-order valence-electron chi connectivity index (χ4n) is 1.35. The average Bonchev–Trinajstić information content (AvgIpc) is 2.37. The number of allylic oxidation sites excluding steroid dienone is 1. The van der Waals surface area contributed by atoms with E-state index in [0.717, 1.165) is 4.90 Å². The smallest absolute Gasteiger partial charge is 0.417 e. The molecule has 15 heavy (non-hydrogen) atoms. The lowest BCUT2D eigenvalue weighted by Crippen LogP contribution is -2.45. The Balaban J connectivity index is 2.78. The van der Waals surface area contributed by atoms with E-state index < -0.39 is 11.6 Å². The normalized spacial score (nSPS) is 20.1. The van der Waals surface area contributed by atoms with Crippen LogP contribution in [0.1, 0.15) is 27.7 Å². The zero-order valence-electron chi connectivity index (χ0n) is 9.61. The summed E-state index contributed by atoms with van der Waals surface area (Å²) in [5, 5.41) is 0. The van der Waals surface area contributed by atoms with Gasteiger partial charge in [-0.15, -0.1) is 0 Å². The predicted molar refractivity (Wildman–Crippen MR) is 56.3 cm³/mol. The molecular formula is C11H17NO3. The van der Waals surface area contributed by atoms with Crippen LogP contribution in [0.15, 0.2) is 12.2 Å². The molecule has 0 atom stereocenters. The molecule has 0 aromatic rings. The highest BCUT2D eigenvalue weighted by atomic mass is 16.6. The first kappa shape index (κ1) is 11.8. The largest absolute Gasteiger partial charge is 0.447 e. The average molecular weight is 211 g/mol. The van der Waals surface area contributed by atoms with E-state index in [1.807, 2.05) is 13.8 Å². The van der Waals surface area contributed by atoms with E-state index in [2.05, 4.69) is 0 Å². The number of carbonyl (C=O) groups is 2. The number of hydrogen-bond acceptors (Lipinski definition) is 3. The Bertz CT molecular complexity index is 305. The van der Waals surface area contributed by atoms with Crippen molar-refractivity contribution in [2.75, 3.05) is 6.61 Å². The molecule has 1 aliphatic rings. The second-order valence-electron chi connectivity index (χ2n) is 4.64. The number of rotatable bonds is 2. The molecule has 4 nitrogen and oxygen atoms in total. The van der Waals surface area contributed by atoms with Crippen LogP contribution in [0.2, 0.25) is 0 Å². The van der Waals surface area contributed by atoms with Crippen LogP contribution in [0.3, 0.4) is 0 Å². The molecule has 0 unspecified atom stereocenters. The van der Waals surface area contributed by atoms with Crippen molar-refractivity contribution >= 4 is 12.0 Å². The highest BCUT2D eigenvalue weighted by molar-refractivity contribution is 6.00. The standard InChI is InChI=1S/C11H17NO3/c1-8(2)5-6-9(13)12-10(14)15-7-11(12,3)4/h5-6,8H,7H2,1-4H3/b6-5+. The van der Waals surface area contributed by atoms with Crippen molar-refractivity contribution in [3.63, 3.8) is 0 Å². The third-order valence-corrected chi connectivity index (χ3v) is 2.18. The van der Waals surface area contributed by atoms with Gasteiger partial charge in [0.2, 0.25) is 0 Å². The summed E-state index contributed by atoms with van der Waals surface area (Å²) in [5.41, 5.74) is -0.546. The summed E-state index contributed by atoms with van der Waals surface area (Å²) in [4.78, 5) is 24.2. The highest BCUT2D eigenvalue weighted by Crippen LogP contribution is 2.23. The molecule has 1 rings (SSSR count). The van der Waals surface area contributed by atoms with E-state index in [0.29, 0.717) is 0 Å². The van der Waals surface area contributed by atoms with Crippen LogP contribution in [0.5, 0.6) is 0 Å². The molecule has 0 spiro atoms. The first-order valence-electron chi connectivity index (χ1n) is 5.04. The van der Waals surface area contributed by atoms with Gasteiger partial charge in [0.1, 0.15) is 6.61 Å². The number of imide groups is 1. The molecule has 84 valence electrons. The van der Waals surface area contributed by atoms with Crippen LogP contribution in [0.25, 0.3) is 0 Å². The topological polar surface area (TPSA) is 46.6 Å². The molecular weight excluding hydrogens is 194 g/mol. The Morgan fingerprint density at radius 3 is 2.53 bits per heavy atom. The van der Waals surface area contributed by atoms with Gasteiger partial charge >= 0.3 is 6.09 Å². The van der Waals surface area contributed by atoms with Crippen molar-refractivity contribution in [2.45, 2.75) is 33.2 Å². The van der Waals surface area contributed by atoms with Gasteiger partial charge in [0.15, 0.2) is 0 Å². The number of ether oxygens (including phenoxy) is 1. The maximum absolute atomic E-state index is 11.7. The number of cyclic esters (lactones) is 1. The molecule has 0 aromatic heterocycles. The fraction of sp³-hybridized carbons (Fsp3) is 0.636. The Morgan fingerprint density at radius 2 is 2.13 bits per heavy atom. The predicted octanol–water partition coefficient (Wildman–Crippen LogP) is 1.96. The van der Waals surface area contributed by atoms with E-state index >= 15 is 0 Å². The SMILES string of the molecule is CC(C)/C=C/C(=O)N1C(=O)OCC1(C)C. The molecule has 0 aliphatic carbocycles. The molecule has 0 radical (unpaired) electrons. The molecule has 1 aliphatic heterocycles. The van der Waals surface area contributed by atoms with Crippen LogP contribution in [-0.4, -0.2) is 29.0 Å². The monoisotopic (exact) mass is 211 g/mol. The minimum absolute atomic E-state index is 0.257. The van der Waals surface area contributed by atoms with Gasteiger partial charge in [-0.1, -0.05) is 19.9 Å². The number of nitrogens with zero attached hydrogens (tertiary/aromatic N) is 1. The number of carbonyl (C=O) groups excluding carboxylic acids is 2. The van der Waals surface area contributed by atoms with Crippen LogP contribution < -0.4 is 0 Å². The second kappa shape index (κ2) is 4.04. The van der Waals surface area contributed by atoms with Crippen LogP contribution in [0.4, 0.5) is 4.79 Å². The summed E-state index contributed by atoms with van der Waals surface area (Å²) >= 11 is 0. The molecule has 4 heteroatoms. The molecule has 2 amide bonds. The van der Waals surface area contributed by atoms with Crippen molar-refractivity contribution in [1.29, 1.82) is 0 Å².